The van der Waals surface area contributed by atoms with Crippen LogP contribution in [0.3, 0.4) is 0 Å². The zero-order chi connectivity index (χ0) is 18.8. The summed E-state index contributed by atoms with van der Waals surface area (Å²) in [5.41, 5.74) is 1.94. The van der Waals surface area contributed by atoms with Crippen LogP contribution in [0.25, 0.3) is 16.2 Å². The Balaban J connectivity index is 1.45. The third-order valence-electron chi connectivity index (χ3n) is 4.91. The number of fused-ring (bicyclic) bond motifs is 1. The molecule has 8 heteroatoms. The maximum Gasteiger partial charge on any atom is 0.223 e. The van der Waals surface area contributed by atoms with E-state index in [1.165, 1.54) is 0 Å². The lowest BCUT2D eigenvalue weighted by atomic mass is 9.96. The van der Waals surface area contributed by atoms with Gasteiger partial charge in [-0.15, -0.1) is 5.10 Å². The van der Waals surface area contributed by atoms with E-state index in [-0.39, 0.29) is 11.8 Å². The molecule has 7 nitrogen and oxygen atoms in total. The van der Waals surface area contributed by atoms with Crippen molar-refractivity contribution in [1.82, 2.24) is 19.9 Å². The SMILES string of the molecule is CCNC(=O)C1CCN(c2nn3cc(-c4ccc(OC)cc4)nc3s2)CC1. The Hall–Kier alpha value is -2.61. The van der Waals surface area contributed by atoms with E-state index in [0.717, 1.165) is 53.0 Å². The van der Waals surface area contributed by atoms with E-state index < -0.39 is 0 Å². The van der Waals surface area contributed by atoms with Gasteiger partial charge < -0.3 is 15.0 Å². The summed E-state index contributed by atoms with van der Waals surface area (Å²) in [5, 5.41) is 8.59. The van der Waals surface area contributed by atoms with Crippen LogP contribution in [0.15, 0.2) is 30.5 Å². The highest BCUT2D eigenvalue weighted by molar-refractivity contribution is 7.20. The number of aromatic nitrogens is 3. The Morgan fingerprint density at radius 2 is 2.04 bits per heavy atom. The van der Waals surface area contributed by atoms with Crippen LogP contribution in [0.2, 0.25) is 0 Å². The number of methoxy groups -OCH3 is 1. The molecule has 142 valence electrons. The summed E-state index contributed by atoms with van der Waals surface area (Å²) in [6.07, 6.45) is 3.69. The molecule has 27 heavy (non-hydrogen) atoms. The Morgan fingerprint density at radius 1 is 1.30 bits per heavy atom. The maximum atomic E-state index is 12.0. The molecule has 1 N–H and O–H groups in total. The molecule has 1 aromatic carbocycles. The summed E-state index contributed by atoms with van der Waals surface area (Å²) in [7, 11) is 1.66. The monoisotopic (exact) mass is 385 g/mol. The van der Waals surface area contributed by atoms with Crippen LogP contribution >= 0.6 is 11.3 Å². The van der Waals surface area contributed by atoms with Crippen molar-refractivity contribution in [3.8, 4) is 17.0 Å². The van der Waals surface area contributed by atoms with Gasteiger partial charge in [-0.25, -0.2) is 9.50 Å². The van der Waals surface area contributed by atoms with Gasteiger partial charge in [-0.2, -0.15) is 0 Å². The summed E-state index contributed by atoms with van der Waals surface area (Å²) < 4.78 is 7.04. The van der Waals surface area contributed by atoms with Crippen LogP contribution in [0, 0.1) is 5.92 Å². The van der Waals surface area contributed by atoms with Gasteiger partial charge in [0.15, 0.2) is 0 Å². The molecule has 0 bridgehead atoms. The van der Waals surface area contributed by atoms with Gasteiger partial charge in [0.1, 0.15) is 5.75 Å². The van der Waals surface area contributed by atoms with Gasteiger partial charge in [-0.05, 0) is 44.0 Å². The van der Waals surface area contributed by atoms with Gasteiger partial charge in [0.25, 0.3) is 0 Å². The van der Waals surface area contributed by atoms with Crippen molar-refractivity contribution in [2.75, 3.05) is 31.6 Å². The first kappa shape index (κ1) is 17.8. The van der Waals surface area contributed by atoms with Crippen molar-refractivity contribution < 1.29 is 9.53 Å². The van der Waals surface area contributed by atoms with E-state index >= 15 is 0 Å². The van der Waals surface area contributed by atoms with Gasteiger partial charge in [-0.3, -0.25) is 4.79 Å². The van der Waals surface area contributed by atoms with E-state index in [2.05, 4.69) is 10.2 Å². The van der Waals surface area contributed by atoms with Crippen molar-refractivity contribution in [2.24, 2.45) is 5.92 Å². The highest BCUT2D eigenvalue weighted by Gasteiger charge is 2.26. The Labute approximate surface area is 162 Å². The van der Waals surface area contributed by atoms with E-state index in [4.69, 9.17) is 14.8 Å². The number of rotatable bonds is 5. The largest absolute Gasteiger partial charge is 0.497 e. The normalized spacial score (nSPS) is 15.3. The fourth-order valence-electron chi connectivity index (χ4n) is 3.37. The van der Waals surface area contributed by atoms with Gasteiger partial charge in [-0.1, -0.05) is 11.3 Å². The van der Waals surface area contributed by atoms with Crippen molar-refractivity contribution in [2.45, 2.75) is 19.8 Å². The molecule has 0 radical (unpaired) electrons. The zero-order valence-electron chi connectivity index (χ0n) is 15.5. The number of benzene rings is 1. The number of nitrogens with zero attached hydrogens (tertiary/aromatic N) is 4. The number of piperidine rings is 1. The Bertz CT molecular complexity index is 894. The molecule has 3 heterocycles. The fraction of sp³-hybridized carbons (Fsp3) is 0.421. The molecule has 1 aliphatic rings. The van der Waals surface area contributed by atoms with Crippen LogP contribution in [-0.2, 0) is 4.79 Å². The molecule has 0 spiro atoms. The molecule has 4 rings (SSSR count). The molecule has 3 aromatic rings. The summed E-state index contributed by atoms with van der Waals surface area (Å²) in [4.78, 5) is 19.8. The molecular formula is C19H23N5O2S. The van der Waals surface area contributed by atoms with Crippen LogP contribution in [0.1, 0.15) is 19.8 Å². The minimum absolute atomic E-state index is 0.118. The van der Waals surface area contributed by atoms with Crippen molar-refractivity contribution in [1.29, 1.82) is 0 Å². The highest BCUT2D eigenvalue weighted by Crippen LogP contribution is 2.30. The molecule has 0 unspecified atom stereocenters. The molecule has 1 aliphatic heterocycles. The fourth-order valence-corrected chi connectivity index (χ4v) is 4.30. The van der Waals surface area contributed by atoms with Crippen LogP contribution in [0.5, 0.6) is 5.75 Å². The van der Waals surface area contributed by atoms with Crippen molar-refractivity contribution in [3.63, 3.8) is 0 Å². The number of hydrogen-bond donors (Lipinski definition) is 1. The van der Waals surface area contributed by atoms with E-state index in [1.807, 2.05) is 41.9 Å². The van der Waals surface area contributed by atoms with Gasteiger partial charge in [0.05, 0.1) is 19.0 Å². The van der Waals surface area contributed by atoms with Crippen LogP contribution in [0.4, 0.5) is 5.13 Å². The van der Waals surface area contributed by atoms with Crippen LogP contribution < -0.4 is 15.0 Å². The number of carbonyl (C=O) groups excluding carboxylic acids is 1. The topological polar surface area (TPSA) is 71.8 Å². The standard InChI is InChI=1S/C19H23N5O2S/c1-3-20-17(25)14-8-10-23(11-9-14)19-22-24-12-16(21-18(24)27-19)13-4-6-15(26-2)7-5-13/h4-7,12,14H,3,8-11H2,1-2H3,(H,20,25). The molecule has 0 aliphatic carbocycles. The average Bonchev–Trinajstić information content (AvgIpc) is 3.28. The first-order valence-corrected chi connectivity index (χ1v) is 10.0. The zero-order valence-corrected chi connectivity index (χ0v) is 16.3. The van der Waals surface area contributed by atoms with E-state index in [9.17, 15) is 4.79 Å². The third kappa shape index (κ3) is 3.62. The number of carbonyl (C=O) groups is 1. The predicted octanol–water partition coefficient (Wildman–Crippen LogP) is 2.82. The van der Waals surface area contributed by atoms with Crippen molar-refractivity contribution in [3.05, 3.63) is 30.5 Å². The summed E-state index contributed by atoms with van der Waals surface area (Å²) >= 11 is 1.59. The molecular weight excluding hydrogens is 362 g/mol. The average molecular weight is 385 g/mol. The van der Waals surface area contributed by atoms with Crippen LogP contribution in [-0.4, -0.2) is 47.2 Å². The number of nitrogens with one attached hydrogen (secondary N) is 1. The second-order valence-electron chi connectivity index (χ2n) is 6.62. The second kappa shape index (κ2) is 7.56. The second-order valence-corrected chi connectivity index (χ2v) is 7.56. The first-order chi connectivity index (χ1) is 13.2. The van der Waals surface area contributed by atoms with Gasteiger partial charge in [0.2, 0.25) is 16.0 Å². The number of hydrogen-bond acceptors (Lipinski definition) is 6. The van der Waals surface area contributed by atoms with E-state index in [1.54, 1.807) is 18.4 Å². The minimum Gasteiger partial charge on any atom is -0.497 e. The molecule has 0 atom stereocenters. The summed E-state index contributed by atoms with van der Waals surface area (Å²) in [6, 6.07) is 7.86. The van der Waals surface area contributed by atoms with E-state index in [0.29, 0.717) is 6.54 Å². The highest BCUT2D eigenvalue weighted by atomic mass is 32.1. The smallest absolute Gasteiger partial charge is 0.223 e. The lowest BCUT2D eigenvalue weighted by Crippen LogP contribution is -2.40. The maximum absolute atomic E-state index is 12.0. The lowest BCUT2D eigenvalue weighted by molar-refractivity contribution is -0.125. The number of ether oxygens (including phenoxy) is 1. The van der Waals surface area contributed by atoms with Crippen molar-refractivity contribution >= 4 is 27.3 Å². The number of amides is 1. The summed E-state index contributed by atoms with van der Waals surface area (Å²) in [6.45, 7) is 4.35. The van der Waals surface area contributed by atoms with Gasteiger partial charge in [0, 0.05) is 31.1 Å². The lowest BCUT2D eigenvalue weighted by Gasteiger charge is -2.30. The quantitative estimate of drug-likeness (QED) is 0.731. The summed E-state index contributed by atoms with van der Waals surface area (Å²) in [5.74, 6) is 1.12. The molecule has 0 saturated carbocycles. The predicted molar refractivity (Wildman–Crippen MR) is 106 cm³/mol. The Kier molecular flexibility index (Phi) is 4.98. The first-order valence-electron chi connectivity index (χ1n) is 9.21. The molecule has 1 saturated heterocycles. The number of anilines is 1. The van der Waals surface area contributed by atoms with Gasteiger partial charge >= 0.3 is 0 Å². The molecule has 2 aromatic heterocycles. The number of imidazole rings is 1. The molecule has 1 fully saturated rings. The third-order valence-corrected chi connectivity index (χ3v) is 5.89. The molecule has 1 amide bonds. The minimum atomic E-state index is 0.118. The Morgan fingerprint density at radius 3 is 2.67 bits per heavy atom.